The van der Waals surface area contributed by atoms with Crippen molar-refractivity contribution in [1.82, 2.24) is 25.3 Å². The maximum atomic E-state index is 13.1. The lowest BCUT2D eigenvalue weighted by Gasteiger charge is -2.39. The monoisotopic (exact) mass is 490 g/mol. The zero-order chi connectivity index (χ0) is 25.9. The molecule has 1 aromatic rings. The quantitative estimate of drug-likeness (QED) is 0.440. The maximum absolute atomic E-state index is 13.1. The number of nitrogens with one attached hydrogen (secondary N) is 2. The number of amides is 4. The second-order valence-corrected chi connectivity index (χ2v) is 9.26. The van der Waals surface area contributed by atoms with E-state index in [4.69, 9.17) is 0 Å². The van der Waals surface area contributed by atoms with Crippen LogP contribution in [-0.2, 0) is 25.7 Å². The van der Waals surface area contributed by atoms with Crippen LogP contribution < -0.4 is 10.6 Å². The number of aliphatic imine (C=N–C) groups is 1. The summed E-state index contributed by atoms with van der Waals surface area (Å²) >= 11 is 0. The Kier molecular flexibility index (Phi) is 7.86. The summed E-state index contributed by atoms with van der Waals surface area (Å²) in [6.07, 6.45) is -1.73. The lowest BCUT2D eigenvalue weighted by Crippen LogP contribution is -2.64. The molecule has 0 spiro atoms. The number of likely N-dealkylation sites (N-methyl/N-ethyl adjacent to an activating group) is 2. The molecule has 3 N–H and O–H groups in total. The molecule has 4 amide bonds. The van der Waals surface area contributed by atoms with E-state index in [9.17, 15) is 28.7 Å². The Bertz CT molecular complexity index is 1020. The molecule has 0 aliphatic carbocycles. The third-order valence-electron chi connectivity index (χ3n) is 6.08. The fourth-order valence-electron chi connectivity index (χ4n) is 3.95. The number of carbonyl (C=O) groups excluding carboxylic acids is 4. The van der Waals surface area contributed by atoms with Gasteiger partial charge in [0.05, 0.1) is 5.54 Å². The number of aliphatic hydroxyl groups is 1. The van der Waals surface area contributed by atoms with Gasteiger partial charge >= 0.3 is 11.8 Å². The van der Waals surface area contributed by atoms with Crippen molar-refractivity contribution in [2.75, 3.05) is 40.3 Å². The van der Waals surface area contributed by atoms with E-state index in [1.54, 1.807) is 13.8 Å². The number of carbonyl (C=O) groups is 4. The van der Waals surface area contributed by atoms with Crippen molar-refractivity contribution < 1.29 is 28.7 Å². The van der Waals surface area contributed by atoms with Crippen molar-refractivity contribution in [1.29, 1.82) is 0 Å². The van der Waals surface area contributed by atoms with Crippen LogP contribution in [-0.4, -0.2) is 107 Å². The first-order chi connectivity index (χ1) is 16.4. The number of piperazine rings is 1. The minimum absolute atomic E-state index is 0.0225. The summed E-state index contributed by atoms with van der Waals surface area (Å²) in [4.78, 5) is 59.6. The molecule has 2 unspecified atom stereocenters. The van der Waals surface area contributed by atoms with Gasteiger partial charge < -0.3 is 25.5 Å². The Labute approximate surface area is 203 Å². The Hall–Kier alpha value is -3.38. The molecular formula is C23H31FN6O5. The second-order valence-electron chi connectivity index (χ2n) is 9.26. The molecule has 1 fully saturated rings. The van der Waals surface area contributed by atoms with Gasteiger partial charge in [0.2, 0.25) is 5.91 Å². The molecule has 0 radical (unpaired) electrons. The van der Waals surface area contributed by atoms with Crippen molar-refractivity contribution >= 4 is 29.5 Å². The van der Waals surface area contributed by atoms with Crippen LogP contribution in [0.2, 0.25) is 0 Å². The van der Waals surface area contributed by atoms with Gasteiger partial charge in [-0.2, -0.15) is 0 Å². The number of benzene rings is 1. The molecule has 11 nitrogen and oxygen atoms in total. The summed E-state index contributed by atoms with van der Waals surface area (Å²) in [5.74, 6) is -3.42. The predicted molar refractivity (Wildman–Crippen MR) is 125 cm³/mol. The number of aliphatic hydroxyl groups excluding tert-OH is 1. The first-order valence-electron chi connectivity index (χ1n) is 11.3. The number of amidine groups is 1. The minimum Gasteiger partial charge on any atom is -0.380 e. The summed E-state index contributed by atoms with van der Waals surface area (Å²) in [6, 6.07) is 4.03. The molecule has 0 bridgehead atoms. The molecule has 1 aromatic carbocycles. The molecule has 2 aliphatic heterocycles. The number of rotatable bonds is 5. The topological polar surface area (TPSA) is 135 Å². The van der Waals surface area contributed by atoms with Gasteiger partial charge in [-0.1, -0.05) is 12.1 Å². The van der Waals surface area contributed by atoms with E-state index in [2.05, 4.69) is 20.5 Å². The summed E-state index contributed by atoms with van der Waals surface area (Å²) in [6.45, 7) is 5.29. The molecule has 35 heavy (non-hydrogen) atoms. The van der Waals surface area contributed by atoms with Gasteiger partial charge in [-0.05, 0) is 38.6 Å². The first kappa shape index (κ1) is 26.2. The lowest BCUT2D eigenvalue weighted by molar-refractivity contribution is -0.147. The first-order valence-corrected chi connectivity index (χ1v) is 11.3. The van der Waals surface area contributed by atoms with Gasteiger partial charge in [0, 0.05) is 39.8 Å². The van der Waals surface area contributed by atoms with Crippen LogP contribution in [0.1, 0.15) is 19.4 Å². The normalized spacial score (nSPS) is 21.4. The van der Waals surface area contributed by atoms with E-state index >= 15 is 0 Å². The van der Waals surface area contributed by atoms with Gasteiger partial charge in [-0.25, -0.2) is 4.39 Å². The van der Waals surface area contributed by atoms with Crippen molar-refractivity contribution in [3.63, 3.8) is 0 Å². The van der Waals surface area contributed by atoms with Crippen molar-refractivity contribution in [2.24, 2.45) is 4.99 Å². The van der Waals surface area contributed by atoms with Gasteiger partial charge in [-0.3, -0.25) is 29.1 Å². The van der Waals surface area contributed by atoms with Crippen LogP contribution in [0.25, 0.3) is 0 Å². The number of hydrogen-bond acceptors (Lipinski definition) is 7. The Morgan fingerprint density at radius 3 is 2.31 bits per heavy atom. The SMILES string of the molecule is CN1CCN(C(=O)C(=O)NC(C)(C)C2=NC(C(=O)NCc3ccc(F)cc3)C(O)C(=O)N2C)CC1. The number of halogens is 1. The molecule has 2 heterocycles. The Morgan fingerprint density at radius 2 is 1.71 bits per heavy atom. The largest absolute Gasteiger partial charge is 0.380 e. The van der Waals surface area contributed by atoms with Gasteiger partial charge in [-0.15, -0.1) is 0 Å². The maximum Gasteiger partial charge on any atom is 0.311 e. The highest BCUT2D eigenvalue weighted by Crippen LogP contribution is 2.19. The summed E-state index contributed by atoms with van der Waals surface area (Å²) < 4.78 is 13.1. The van der Waals surface area contributed by atoms with Crippen LogP contribution in [0.3, 0.4) is 0 Å². The molecule has 0 aromatic heterocycles. The van der Waals surface area contributed by atoms with Crippen molar-refractivity contribution in [2.45, 2.75) is 38.1 Å². The van der Waals surface area contributed by atoms with Crippen LogP contribution in [0.15, 0.2) is 29.3 Å². The zero-order valence-electron chi connectivity index (χ0n) is 20.2. The standard InChI is InChI=1S/C23H31FN6O5/c1-23(2,27-19(33)21(35)30-11-9-28(3)10-12-30)22-26-16(17(31)20(34)29(22)4)18(32)25-13-14-5-7-15(24)8-6-14/h5-8,16-17,31H,9-13H2,1-4H3,(H,25,32)(H,27,33). The van der Waals surface area contributed by atoms with Crippen LogP contribution in [0, 0.1) is 5.82 Å². The van der Waals surface area contributed by atoms with E-state index in [0.29, 0.717) is 31.7 Å². The Balaban J connectivity index is 1.73. The summed E-state index contributed by atoms with van der Waals surface area (Å²) in [5, 5.41) is 15.6. The second kappa shape index (κ2) is 10.5. The lowest BCUT2D eigenvalue weighted by atomic mass is 9.97. The van der Waals surface area contributed by atoms with E-state index in [1.165, 1.54) is 36.2 Å². The van der Waals surface area contributed by atoms with Crippen LogP contribution in [0.4, 0.5) is 4.39 Å². The molecule has 2 aliphatic rings. The van der Waals surface area contributed by atoms with Crippen molar-refractivity contribution in [3.05, 3.63) is 35.6 Å². The average Bonchev–Trinajstić information content (AvgIpc) is 2.81. The van der Waals surface area contributed by atoms with Crippen LogP contribution >= 0.6 is 0 Å². The highest BCUT2D eigenvalue weighted by molar-refractivity contribution is 6.35. The molecular weight excluding hydrogens is 459 g/mol. The van der Waals surface area contributed by atoms with Crippen LogP contribution in [0.5, 0.6) is 0 Å². The van der Waals surface area contributed by atoms with Gasteiger partial charge in [0.25, 0.3) is 5.91 Å². The molecule has 190 valence electrons. The molecule has 12 heteroatoms. The highest BCUT2D eigenvalue weighted by atomic mass is 19.1. The number of hydrogen-bond donors (Lipinski definition) is 3. The third-order valence-corrected chi connectivity index (χ3v) is 6.08. The molecule has 0 saturated carbocycles. The zero-order valence-corrected chi connectivity index (χ0v) is 20.2. The van der Waals surface area contributed by atoms with Gasteiger partial charge in [0.1, 0.15) is 11.7 Å². The molecule has 3 rings (SSSR count). The van der Waals surface area contributed by atoms with E-state index in [0.717, 1.165) is 4.90 Å². The molecule has 2 atom stereocenters. The average molecular weight is 491 g/mol. The fraction of sp³-hybridized carbons (Fsp3) is 0.522. The minimum atomic E-state index is -1.73. The molecule has 1 saturated heterocycles. The summed E-state index contributed by atoms with van der Waals surface area (Å²) in [5.41, 5.74) is -0.688. The fourth-order valence-corrected chi connectivity index (χ4v) is 3.95. The summed E-state index contributed by atoms with van der Waals surface area (Å²) in [7, 11) is 3.30. The van der Waals surface area contributed by atoms with Crippen molar-refractivity contribution in [3.8, 4) is 0 Å². The van der Waals surface area contributed by atoms with E-state index in [-0.39, 0.29) is 12.4 Å². The predicted octanol–water partition coefficient (Wildman–Crippen LogP) is -1.29. The van der Waals surface area contributed by atoms with E-state index in [1.807, 2.05) is 7.05 Å². The van der Waals surface area contributed by atoms with E-state index < -0.39 is 47.1 Å². The highest BCUT2D eigenvalue weighted by Gasteiger charge is 2.45. The van der Waals surface area contributed by atoms with Gasteiger partial charge in [0.15, 0.2) is 12.1 Å². The Morgan fingerprint density at radius 1 is 1.11 bits per heavy atom. The smallest absolute Gasteiger partial charge is 0.311 e. The number of nitrogens with zero attached hydrogens (tertiary/aromatic N) is 4. The third kappa shape index (κ3) is 6.01.